The molecular formula is C11H15N. The van der Waals surface area contributed by atoms with E-state index in [1.807, 2.05) is 10.6 Å². The lowest BCUT2D eigenvalue weighted by Gasteiger charge is -1.97. The molecule has 0 radical (unpaired) electrons. The maximum Gasteiger partial charge on any atom is 0.0446 e. The molecule has 0 aromatic carbocycles. The van der Waals surface area contributed by atoms with E-state index >= 15 is 0 Å². The Hall–Kier alpha value is -1.24. The average molecular weight is 161 g/mol. The Bertz CT molecular complexity index is 266. The number of hydrogen-bond acceptors (Lipinski definition) is 0. The monoisotopic (exact) mass is 161 g/mol. The fourth-order valence-corrected chi connectivity index (χ4v) is 1.16. The van der Waals surface area contributed by atoms with Gasteiger partial charge in [0.2, 0.25) is 0 Å². The van der Waals surface area contributed by atoms with Gasteiger partial charge in [0.1, 0.15) is 0 Å². The Morgan fingerprint density at radius 3 is 2.42 bits per heavy atom. The summed E-state index contributed by atoms with van der Waals surface area (Å²) in [4.78, 5) is 0. The summed E-state index contributed by atoms with van der Waals surface area (Å²) in [6.45, 7) is 11.8. The second kappa shape index (κ2) is 3.44. The molecule has 1 aromatic heterocycles. The predicted octanol–water partition coefficient (Wildman–Crippen LogP) is 3.36. The summed E-state index contributed by atoms with van der Waals surface area (Å²) in [5.74, 6) is 0.560. The molecule has 1 aromatic rings. The van der Waals surface area contributed by atoms with Crippen LogP contribution in [-0.2, 0) is 0 Å². The Kier molecular flexibility index (Phi) is 2.54. The van der Waals surface area contributed by atoms with E-state index in [0.717, 1.165) is 5.69 Å². The second-order valence-electron chi connectivity index (χ2n) is 3.15. The summed E-state index contributed by atoms with van der Waals surface area (Å²) < 4.78 is 1.99. The van der Waals surface area contributed by atoms with Crippen LogP contribution in [0.2, 0.25) is 0 Å². The van der Waals surface area contributed by atoms with Crippen molar-refractivity contribution < 1.29 is 0 Å². The standard InChI is InChI=1S/C11H15N/c1-5-11-7-10(9(3)4)8-12(11)6-2/h5-9H,1-2H2,3-4H3. The number of nitrogens with zero attached hydrogens (tertiary/aromatic N) is 1. The maximum absolute atomic E-state index is 3.74. The van der Waals surface area contributed by atoms with Gasteiger partial charge in [-0.1, -0.05) is 27.0 Å². The van der Waals surface area contributed by atoms with Gasteiger partial charge in [0.25, 0.3) is 0 Å². The lowest BCUT2D eigenvalue weighted by molar-refractivity contribution is 0.866. The topological polar surface area (TPSA) is 4.93 Å². The van der Waals surface area contributed by atoms with Crippen LogP contribution in [0.3, 0.4) is 0 Å². The molecule has 12 heavy (non-hydrogen) atoms. The molecule has 1 nitrogen and oxygen atoms in total. The van der Waals surface area contributed by atoms with Crippen molar-refractivity contribution in [3.63, 3.8) is 0 Å². The van der Waals surface area contributed by atoms with E-state index in [1.54, 1.807) is 6.20 Å². The highest BCUT2D eigenvalue weighted by molar-refractivity contribution is 5.49. The average Bonchev–Trinajstić information content (AvgIpc) is 2.46. The summed E-state index contributed by atoms with van der Waals surface area (Å²) in [5, 5.41) is 0. The predicted molar refractivity (Wildman–Crippen MR) is 55.0 cm³/mol. The van der Waals surface area contributed by atoms with Crippen molar-refractivity contribution in [3.05, 3.63) is 36.7 Å². The molecule has 0 bridgehead atoms. The van der Waals surface area contributed by atoms with E-state index in [4.69, 9.17) is 0 Å². The highest BCUT2D eigenvalue weighted by Gasteiger charge is 2.03. The van der Waals surface area contributed by atoms with E-state index < -0.39 is 0 Å². The smallest absolute Gasteiger partial charge is 0.0446 e. The first kappa shape index (κ1) is 8.85. The largest absolute Gasteiger partial charge is 0.324 e. The summed E-state index contributed by atoms with van der Waals surface area (Å²) in [7, 11) is 0. The zero-order valence-electron chi connectivity index (χ0n) is 7.75. The number of rotatable bonds is 3. The van der Waals surface area contributed by atoms with Crippen molar-refractivity contribution in [1.29, 1.82) is 0 Å². The van der Waals surface area contributed by atoms with Gasteiger partial charge in [0.05, 0.1) is 0 Å². The van der Waals surface area contributed by atoms with Crippen LogP contribution < -0.4 is 0 Å². The number of aromatic nitrogens is 1. The quantitative estimate of drug-likeness (QED) is 0.640. The van der Waals surface area contributed by atoms with Crippen molar-refractivity contribution in [2.45, 2.75) is 19.8 Å². The van der Waals surface area contributed by atoms with Crippen LogP contribution in [0, 0.1) is 0 Å². The Labute approximate surface area is 74.0 Å². The van der Waals surface area contributed by atoms with Gasteiger partial charge >= 0.3 is 0 Å². The number of hydrogen-bond donors (Lipinski definition) is 0. The Morgan fingerprint density at radius 1 is 1.42 bits per heavy atom. The molecule has 0 fully saturated rings. The minimum absolute atomic E-state index is 0.560. The fraction of sp³-hybridized carbons (Fsp3) is 0.273. The van der Waals surface area contributed by atoms with Gasteiger partial charge in [0, 0.05) is 18.1 Å². The van der Waals surface area contributed by atoms with Crippen LogP contribution in [0.1, 0.15) is 31.0 Å². The molecule has 0 N–H and O–H groups in total. The van der Waals surface area contributed by atoms with Crippen molar-refractivity contribution >= 4 is 12.3 Å². The van der Waals surface area contributed by atoms with Crippen molar-refractivity contribution in [2.75, 3.05) is 0 Å². The molecule has 64 valence electrons. The zero-order chi connectivity index (χ0) is 9.14. The van der Waals surface area contributed by atoms with Crippen LogP contribution in [0.4, 0.5) is 0 Å². The lowest BCUT2D eigenvalue weighted by atomic mass is 10.1. The highest BCUT2D eigenvalue weighted by atomic mass is 14.9. The first-order valence-corrected chi connectivity index (χ1v) is 4.15. The van der Waals surface area contributed by atoms with Crippen LogP contribution in [0.15, 0.2) is 25.4 Å². The molecule has 1 heteroatoms. The SMILES string of the molecule is C=Cc1cc(C(C)C)cn1C=C. The molecule has 0 aliphatic heterocycles. The van der Waals surface area contributed by atoms with Gasteiger partial charge in [-0.15, -0.1) is 0 Å². The van der Waals surface area contributed by atoms with E-state index in [-0.39, 0.29) is 0 Å². The molecule has 0 spiro atoms. The van der Waals surface area contributed by atoms with Crippen molar-refractivity contribution in [2.24, 2.45) is 0 Å². The van der Waals surface area contributed by atoms with Crippen molar-refractivity contribution in [1.82, 2.24) is 4.57 Å². The van der Waals surface area contributed by atoms with E-state index in [2.05, 4.69) is 39.3 Å². The van der Waals surface area contributed by atoms with Gasteiger partial charge in [0.15, 0.2) is 0 Å². The third-order valence-electron chi connectivity index (χ3n) is 1.97. The third kappa shape index (κ3) is 1.50. The van der Waals surface area contributed by atoms with Gasteiger partial charge in [-0.05, 0) is 23.6 Å². The van der Waals surface area contributed by atoms with E-state index in [1.165, 1.54) is 5.56 Å². The van der Waals surface area contributed by atoms with E-state index in [0.29, 0.717) is 5.92 Å². The Balaban J connectivity index is 3.13. The third-order valence-corrected chi connectivity index (χ3v) is 1.97. The molecule has 0 saturated carbocycles. The molecule has 1 rings (SSSR count). The molecule has 0 amide bonds. The van der Waals surface area contributed by atoms with Crippen LogP contribution in [-0.4, -0.2) is 4.57 Å². The van der Waals surface area contributed by atoms with Crippen molar-refractivity contribution in [3.8, 4) is 0 Å². The fourth-order valence-electron chi connectivity index (χ4n) is 1.16. The van der Waals surface area contributed by atoms with Crippen LogP contribution in [0.5, 0.6) is 0 Å². The Morgan fingerprint density at radius 2 is 2.08 bits per heavy atom. The summed E-state index contributed by atoms with van der Waals surface area (Å²) in [6, 6.07) is 2.14. The molecule has 0 unspecified atom stereocenters. The highest BCUT2D eigenvalue weighted by Crippen LogP contribution is 2.18. The first-order valence-electron chi connectivity index (χ1n) is 4.15. The van der Waals surface area contributed by atoms with Crippen LogP contribution >= 0.6 is 0 Å². The molecule has 1 heterocycles. The lowest BCUT2D eigenvalue weighted by Crippen LogP contribution is -1.84. The second-order valence-corrected chi connectivity index (χ2v) is 3.15. The summed E-state index contributed by atoms with van der Waals surface area (Å²) in [6.07, 6.45) is 5.73. The van der Waals surface area contributed by atoms with Gasteiger partial charge in [-0.3, -0.25) is 0 Å². The molecule has 0 aliphatic carbocycles. The molecule has 0 saturated heterocycles. The maximum atomic E-state index is 3.74. The molecule has 0 aliphatic rings. The minimum atomic E-state index is 0.560. The zero-order valence-corrected chi connectivity index (χ0v) is 7.75. The van der Waals surface area contributed by atoms with Gasteiger partial charge in [-0.25, -0.2) is 0 Å². The summed E-state index contributed by atoms with van der Waals surface area (Å²) in [5.41, 5.74) is 2.43. The normalized spacial score (nSPS) is 10.2. The van der Waals surface area contributed by atoms with Gasteiger partial charge in [-0.2, -0.15) is 0 Å². The first-order chi connectivity index (χ1) is 5.69. The minimum Gasteiger partial charge on any atom is -0.324 e. The van der Waals surface area contributed by atoms with Gasteiger partial charge < -0.3 is 4.57 Å². The van der Waals surface area contributed by atoms with Crippen LogP contribution in [0.25, 0.3) is 12.3 Å². The van der Waals surface area contributed by atoms with E-state index in [9.17, 15) is 0 Å². The molecule has 0 atom stereocenters. The summed E-state index contributed by atoms with van der Waals surface area (Å²) >= 11 is 0. The molecular weight excluding hydrogens is 146 g/mol.